The molecule has 2 aromatic carbocycles. The molecule has 4 aromatic rings. The fraction of sp³-hybridized carbons (Fsp3) is 0.364. The Hall–Kier alpha value is -3.86. The number of anilines is 2. The van der Waals surface area contributed by atoms with Crippen LogP contribution >= 0.6 is 11.3 Å². The highest BCUT2D eigenvalue weighted by molar-refractivity contribution is 7.14. The van der Waals surface area contributed by atoms with E-state index in [0.717, 1.165) is 22.4 Å². The molecule has 2 heterocycles. The van der Waals surface area contributed by atoms with Gasteiger partial charge in [-0.25, -0.2) is 9.37 Å². The summed E-state index contributed by atoms with van der Waals surface area (Å²) < 4.78 is 15.7. The van der Waals surface area contributed by atoms with Gasteiger partial charge in [-0.15, -0.1) is 11.3 Å². The Morgan fingerprint density at radius 3 is 2.51 bits per heavy atom. The summed E-state index contributed by atoms with van der Waals surface area (Å²) in [5.74, 6) is -0.282. The van der Waals surface area contributed by atoms with Crippen LogP contribution in [0, 0.1) is 5.41 Å². The van der Waals surface area contributed by atoms with Crippen molar-refractivity contribution >= 4 is 45.8 Å². The zero-order valence-corrected chi connectivity index (χ0v) is 26.7. The van der Waals surface area contributed by atoms with E-state index in [1.54, 1.807) is 18.2 Å². The normalized spacial score (nSPS) is 13.5. The van der Waals surface area contributed by atoms with Crippen molar-refractivity contribution in [3.63, 3.8) is 0 Å². The number of thiophene rings is 1. The molecule has 2 amide bonds. The monoisotopic (exact) mass is 604 g/mol. The molecule has 1 unspecified atom stereocenters. The quantitative estimate of drug-likeness (QED) is 0.161. The molecule has 2 atom stereocenters. The van der Waals surface area contributed by atoms with Crippen molar-refractivity contribution in [2.45, 2.75) is 53.4 Å². The molecule has 0 saturated carbocycles. The lowest BCUT2D eigenvalue weighted by atomic mass is 9.88. The summed E-state index contributed by atoms with van der Waals surface area (Å²) in [5.41, 5.74) is 4.01. The molecule has 8 nitrogen and oxygen atoms in total. The number of nitrogens with zero attached hydrogens (tertiary/aromatic N) is 3. The molecule has 228 valence electrons. The number of imidazole rings is 1. The van der Waals surface area contributed by atoms with Gasteiger partial charge < -0.3 is 15.5 Å². The van der Waals surface area contributed by atoms with Gasteiger partial charge in [-0.3, -0.25) is 19.5 Å². The molecular weight excluding hydrogens is 563 g/mol. The number of likely N-dealkylation sites (N-methyl/N-ethyl adjacent to an activating group) is 1. The zero-order valence-electron chi connectivity index (χ0n) is 25.9. The Morgan fingerprint density at radius 1 is 1.07 bits per heavy atom. The molecule has 0 aliphatic heterocycles. The predicted molar refractivity (Wildman–Crippen MR) is 175 cm³/mol. The maximum atomic E-state index is 13.8. The number of benzene rings is 2. The molecule has 0 fully saturated rings. The van der Waals surface area contributed by atoms with Gasteiger partial charge in [-0.05, 0) is 81.4 Å². The predicted octanol–water partition coefficient (Wildman–Crippen LogP) is 6.95. The van der Waals surface area contributed by atoms with Gasteiger partial charge in [-0.1, -0.05) is 39.0 Å². The van der Waals surface area contributed by atoms with E-state index in [9.17, 15) is 14.0 Å². The number of aromatic nitrogens is 2. The number of alkyl halides is 1. The van der Waals surface area contributed by atoms with Crippen LogP contribution in [0.2, 0.25) is 0 Å². The van der Waals surface area contributed by atoms with Gasteiger partial charge in [0.05, 0.1) is 21.6 Å². The summed E-state index contributed by atoms with van der Waals surface area (Å²) in [6.07, 6.45) is 2.15. The van der Waals surface area contributed by atoms with Crippen molar-refractivity contribution in [2.75, 3.05) is 31.3 Å². The van der Waals surface area contributed by atoms with Crippen LogP contribution in [0.4, 0.5) is 16.0 Å². The second-order valence-electron chi connectivity index (χ2n) is 12.0. The summed E-state index contributed by atoms with van der Waals surface area (Å²) in [6, 6.07) is 17.0. The number of rotatable bonds is 11. The highest BCUT2D eigenvalue weighted by atomic mass is 32.1. The van der Waals surface area contributed by atoms with E-state index < -0.39 is 6.17 Å². The highest BCUT2D eigenvalue weighted by Crippen LogP contribution is 2.30. The Balaban J connectivity index is 1.69. The van der Waals surface area contributed by atoms with Crippen LogP contribution in [0.3, 0.4) is 0 Å². The van der Waals surface area contributed by atoms with Gasteiger partial charge in [-0.2, -0.15) is 0 Å². The van der Waals surface area contributed by atoms with Crippen LogP contribution < -0.4 is 16.0 Å². The second kappa shape index (κ2) is 13.6. The summed E-state index contributed by atoms with van der Waals surface area (Å²) in [7, 11) is 3.87. The topological polar surface area (TPSA) is 91.3 Å². The lowest BCUT2D eigenvalue weighted by Gasteiger charge is -2.28. The number of hydrogen-bond acceptors (Lipinski definition) is 6. The molecule has 43 heavy (non-hydrogen) atoms. The standard InChI is InChI=1S/C33H41FN6O2S/c1-21(34)28-15-16-29(43-28)31(42)38-32-37-26-18-23(20-35-22(2)33(3,4)5)13-14-27(26)40(32)25-11-8-10-24(19-25)36-30(41)12-9-17-39(6)7/h8-16,18-19,21-22,35H,17,20H2,1-7H3,(H,36,41)(H,37,38,42)/b12-9+/t21?,22-/m0/s1. The third-order valence-corrected chi connectivity index (χ3v) is 8.45. The third kappa shape index (κ3) is 8.37. The van der Waals surface area contributed by atoms with Gasteiger partial charge in [0.25, 0.3) is 5.91 Å². The maximum absolute atomic E-state index is 13.8. The molecule has 3 N–H and O–H groups in total. The summed E-state index contributed by atoms with van der Waals surface area (Å²) in [4.78, 5) is 33.4. The average molecular weight is 605 g/mol. The first-order chi connectivity index (χ1) is 20.3. The third-order valence-electron chi connectivity index (χ3n) is 7.21. The molecule has 0 bridgehead atoms. The minimum absolute atomic E-state index is 0.118. The molecule has 2 aromatic heterocycles. The Kier molecular flexibility index (Phi) is 10.2. The number of halogens is 1. The number of nitrogens with one attached hydrogen (secondary N) is 3. The van der Waals surface area contributed by atoms with E-state index in [1.165, 1.54) is 13.0 Å². The molecule has 0 saturated heterocycles. The van der Waals surface area contributed by atoms with Crippen LogP contribution in [0.5, 0.6) is 0 Å². The van der Waals surface area contributed by atoms with Crippen molar-refractivity contribution in [1.29, 1.82) is 0 Å². The highest BCUT2D eigenvalue weighted by Gasteiger charge is 2.21. The zero-order chi connectivity index (χ0) is 31.3. The first-order valence-corrected chi connectivity index (χ1v) is 15.2. The molecule has 0 spiro atoms. The van der Waals surface area contributed by atoms with E-state index in [4.69, 9.17) is 4.98 Å². The van der Waals surface area contributed by atoms with Crippen molar-refractivity contribution in [1.82, 2.24) is 19.8 Å². The van der Waals surface area contributed by atoms with E-state index in [0.29, 0.717) is 51.7 Å². The maximum Gasteiger partial charge on any atom is 0.268 e. The lowest BCUT2D eigenvalue weighted by molar-refractivity contribution is -0.111. The first kappa shape index (κ1) is 32.1. The van der Waals surface area contributed by atoms with Crippen LogP contribution in [0.15, 0.2) is 66.7 Å². The van der Waals surface area contributed by atoms with Gasteiger partial charge in [0, 0.05) is 35.8 Å². The van der Waals surface area contributed by atoms with E-state index in [2.05, 4.69) is 43.6 Å². The average Bonchev–Trinajstić information content (AvgIpc) is 3.56. The smallest absolute Gasteiger partial charge is 0.268 e. The van der Waals surface area contributed by atoms with Gasteiger partial charge in [0.2, 0.25) is 11.9 Å². The molecular formula is C33H41FN6O2S. The molecule has 0 aliphatic rings. The minimum Gasteiger partial charge on any atom is -0.322 e. The Bertz CT molecular complexity index is 1620. The number of carbonyl (C=O) groups is 2. The van der Waals surface area contributed by atoms with Crippen LogP contribution in [0.25, 0.3) is 16.7 Å². The van der Waals surface area contributed by atoms with Gasteiger partial charge in [0.15, 0.2) is 0 Å². The largest absolute Gasteiger partial charge is 0.322 e. The number of amides is 2. The van der Waals surface area contributed by atoms with E-state index >= 15 is 0 Å². The van der Waals surface area contributed by atoms with Crippen molar-refractivity contribution in [2.24, 2.45) is 5.41 Å². The number of carbonyl (C=O) groups excluding carboxylic acids is 2. The van der Waals surface area contributed by atoms with E-state index in [1.807, 2.05) is 66.0 Å². The van der Waals surface area contributed by atoms with Crippen molar-refractivity contribution in [3.8, 4) is 5.69 Å². The molecule has 0 radical (unpaired) electrons. The SMILES string of the molecule is CC(F)c1ccc(C(=O)Nc2nc3cc(CN[C@@H](C)C(C)(C)C)ccc3n2-c2cccc(NC(=O)/C=C/CN(C)C)c2)s1. The minimum atomic E-state index is -1.15. The van der Waals surface area contributed by atoms with Gasteiger partial charge in [0.1, 0.15) is 6.17 Å². The summed E-state index contributed by atoms with van der Waals surface area (Å²) in [6.45, 7) is 11.5. The van der Waals surface area contributed by atoms with Crippen molar-refractivity contribution < 1.29 is 14.0 Å². The molecule has 10 heteroatoms. The molecule has 0 aliphatic carbocycles. The summed E-state index contributed by atoms with van der Waals surface area (Å²) in [5, 5.41) is 9.43. The van der Waals surface area contributed by atoms with E-state index in [-0.39, 0.29) is 17.2 Å². The lowest BCUT2D eigenvalue weighted by Crippen LogP contribution is -2.37. The van der Waals surface area contributed by atoms with Gasteiger partial charge >= 0.3 is 0 Å². The molecule has 4 rings (SSSR count). The van der Waals surface area contributed by atoms with Crippen molar-refractivity contribution in [3.05, 3.63) is 82.1 Å². The second-order valence-corrected chi connectivity index (χ2v) is 13.2. The number of hydrogen-bond donors (Lipinski definition) is 3. The Labute approximate surface area is 257 Å². The summed E-state index contributed by atoms with van der Waals surface area (Å²) >= 11 is 1.12. The fourth-order valence-electron chi connectivity index (χ4n) is 4.29. The Morgan fingerprint density at radius 2 is 1.84 bits per heavy atom. The van der Waals surface area contributed by atoms with Crippen LogP contribution in [-0.4, -0.2) is 52.9 Å². The van der Waals surface area contributed by atoms with Crippen LogP contribution in [0.1, 0.15) is 60.9 Å². The fourth-order valence-corrected chi connectivity index (χ4v) is 5.12. The van der Waals surface area contributed by atoms with Crippen LogP contribution in [-0.2, 0) is 11.3 Å². The number of fused-ring (bicyclic) bond motifs is 1. The first-order valence-electron chi connectivity index (χ1n) is 14.3.